The molecule has 0 spiro atoms. The van der Waals surface area contributed by atoms with Crippen LogP contribution in [0.5, 0.6) is 11.6 Å². The lowest BCUT2D eigenvalue weighted by Crippen LogP contribution is -2.27. The van der Waals surface area contributed by atoms with Crippen LogP contribution in [0.1, 0.15) is 55.6 Å². The number of hydrogen-bond donors (Lipinski definition) is 1. The van der Waals surface area contributed by atoms with Gasteiger partial charge in [0.1, 0.15) is 21.9 Å². The van der Waals surface area contributed by atoms with Crippen LogP contribution in [0, 0.1) is 0 Å². The predicted molar refractivity (Wildman–Crippen MR) is 111 cm³/mol. The summed E-state index contributed by atoms with van der Waals surface area (Å²) in [5, 5.41) is 6.14. The van der Waals surface area contributed by atoms with Gasteiger partial charge in [0.25, 0.3) is 12.3 Å². The Balaban J connectivity index is 1.92. The highest BCUT2D eigenvalue weighted by atomic mass is 32.1. The van der Waals surface area contributed by atoms with E-state index in [1.165, 1.54) is 26.3 Å². The Hall–Kier alpha value is -3.48. The van der Waals surface area contributed by atoms with Crippen molar-refractivity contribution in [3.05, 3.63) is 63.0 Å². The minimum atomic E-state index is -4.65. The fraction of sp³-hybridized carbons (Fsp3) is 0.286. The van der Waals surface area contributed by atoms with Gasteiger partial charge in [-0.25, -0.2) is 18.3 Å². The molecular weight excluding hydrogens is 485 g/mol. The number of amides is 1. The number of methoxy groups -OCH3 is 1. The van der Waals surface area contributed by atoms with Gasteiger partial charge < -0.3 is 14.8 Å². The first-order valence-corrected chi connectivity index (χ1v) is 10.4. The van der Waals surface area contributed by atoms with Crippen molar-refractivity contribution in [2.24, 2.45) is 7.05 Å². The van der Waals surface area contributed by atoms with E-state index in [0.717, 1.165) is 28.2 Å². The van der Waals surface area contributed by atoms with Crippen LogP contribution < -0.4 is 10.1 Å². The molecule has 0 radical (unpaired) electrons. The molecule has 2 aromatic heterocycles. The standard InChI is InChI=1S/C21H18F5N3O4S/c1-10(13-7-8-14(34-13)20(31)32-3)27-18(30)15-16(17(22)23)28-29(2)19(15)33-12-6-4-5-11(9-12)21(24,25)26/h4-10,17H,1-3H3,(H,27,30). The van der Waals surface area contributed by atoms with Gasteiger partial charge >= 0.3 is 12.1 Å². The van der Waals surface area contributed by atoms with Gasteiger partial charge in [0.2, 0.25) is 5.88 Å². The molecule has 1 aromatic carbocycles. The second-order valence-corrected chi connectivity index (χ2v) is 8.12. The molecule has 0 saturated carbocycles. The van der Waals surface area contributed by atoms with E-state index < -0.39 is 53.2 Å². The molecule has 0 aliphatic rings. The number of esters is 1. The van der Waals surface area contributed by atoms with E-state index in [2.05, 4.69) is 15.2 Å². The van der Waals surface area contributed by atoms with Gasteiger partial charge in [-0.2, -0.15) is 18.3 Å². The first-order valence-electron chi connectivity index (χ1n) is 9.61. The summed E-state index contributed by atoms with van der Waals surface area (Å²) >= 11 is 1.04. The molecule has 3 rings (SSSR count). The fourth-order valence-corrected chi connectivity index (χ4v) is 3.92. The van der Waals surface area contributed by atoms with Crippen LogP contribution in [-0.2, 0) is 18.0 Å². The van der Waals surface area contributed by atoms with Crippen molar-refractivity contribution in [2.45, 2.75) is 25.6 Å². The summed E-state index contributed by atoms with van der Waals surface area (Å²) in [6, 6.07) is 6.13. The number of nitrogens with one attached hydrogen (secondary N) is 1. The third-order valence-electron chi connectivity index (χ3n) is 4.62. The van der Waals surface area contributed by atoms with Crippen LogP contribution in [0.3, 0.4) is 0 Å². The lowest BCUT2D eigenvalue weighted by molar-refractivity contribution is -0.137. The zero-order valence-corrected chi connectivity index (χ0v) is 18.8. The number of rotatable bonds is 7. The number of ether oxygens (including phenoxy) is 2. The summed E-state index contributed by atoms with van der Waals surface area (Å²) in [6.45, 7) is 1.57. The summed E-state index contributed by atoms with van der Waals surface area (Å²) in [5.74, 6) is -2.33. The van der Waals surface area contributed by atoms with Crippen LogP contribution in [0.25, 0.3) is 0 Å². The molecule has 182 valence electrons. The molecular formula is C21H18F5N3O4S. The molecule has 1 N–H and O–H groups in total. The van der Waals surface area contributed by atoms with Gasteiger partial charge in [0, 0.05) is 11.9 Å². The maximum Gasteiger partial charge on any atom is 0.416 e. The molecule has 0 bridgehead atoms. The average molecular weight is 503 g/mol. The Bertz CT molecular complexity index is 1210. The van der Waals surface area contributed by atoms with Crippen molar-refractivity contribution in [2.75, 3.05) is 7.11 Å². The summed E-state index contributed by atoms with van der Waals surface area (Å²) in [7, 11) is 2.43. The molecule has 0 saturated heterocycles. The van der Waals surface area contributed by atoms with Crippen LogP contribution in [-0.4, -0.2) is 28.8 Å². The molecule has 2 heterocycles. The molecule has 1 unspecified atom stereocenters. The molecule has 0 aliphatic carbocycles. The SMILES string of the molecule is COC(=O)c1ccc(C(C)NC(=O)c2c(C(F)F)nn(C)c2Oc2cccc(C(F)(F)F)c2)s1. The highest BCUT2D eigenvalue weighted by molar-refractivity contribution is 7.14. The Morgan fingerprint density at radius 3 is 2.50 bits per heavy atom. The maximum absolute atomic E-state index is 13.6. The smallest absolute Gasteiger partial charge is 0.416 e. The van der Waals surface area contributed by atoms with Crippen molar-refractivity contribution >= 4 is 23.2 Å². The van der Waals surface area contributed by atoms with E-state index in [1.807, 2.05) is 0 Å². The van der Waals surface area contributed by atoms with Crippen LogP contribution in [0.15, 0.2) is 36.4 Å². The van der Waals surface area contributed by atoms with E-state index in [1.54, 1.807) is 13.0 Å². The normalized spacial score (nSPS) is 12.5. The predicted octanol–water partition coefficient (Wildman–Crippen LogP) is 5.51. The van der Waals surface area contributed by atoms with Gasteiger partial charge in [-0.15, -0.1) is 11.3 Å². The lowest BCUT2D eigenvalue weighted by Gasteiger charge is -2.14. The van der Waals surface area contributed by atoms with Gasteiger partial charge in [-0.3, -0.25) is 4.79 Å². The number of nitrogens with zero attached hydrogens (tertiary/aromatic N) is 2. The zero-order chi connectivity index (χ0) is 25.2. The van der Waals surface area contributed by atoms with Crippen molar-refractivity contribution < 1.29 is 41.0 Å². The first kappa shape index (κ1) is 25.1. The van der Waals surface area contributed by atoms with Crippen molar-refractivity contribution in [1.82, 2.24) is 15.1 Å². The Labute approximate surface area is 194 Å². The Morgan fingerprint density at radius 1 is 1.18 bits per heavy atom. The van der Waals surface area contributed by atoms with Crippen LogP contribution in [0.2, 0.25) is 0 Å². The third-order valence-corrected chi connectivity index (χ3v) is 5.87. The number of alkyl halides is 5. The second-order valence-electron chi connectivity index (χ2n) is 7.01. The number of aromatic nitrogens is 2. The Morgan fingerprint density at radius 2 is 1.88 bits per heavy atom. The zero-order valence-electron chi connectivity index (χ0n) is 17.9. The average Bonchev–Trinajstić information content (AvgIpc) is 3.38. The Kier molecular flexibility index (Phi) is 7.24. The minimum absolute atomic E-state index is 0.279. The monoisotopic (exact) mass is 503 g/mol. The summed E-state index contributed by atoms with van der Waals surface area (Å²) in [6.07, 6.45) is -7.81. The van der Waals surface area contributed by atoms with E-state index in [4.69, 9.17) is 4.74 Å². The topological polar surface area (TPSA) is 82.5 Å². The van der Waals surface area contributed by atoms with Crippen molar-refractivity contribution in [3.63, 3.8) is 0 Å². The van der Waals surface area contributed by atoms with E-state index in [9.17, 15) is 31.5 Å². The van der Waals surface area contributed by atoms with E-state index in [0.29, 0.717) is 10.9 Å². The number of hydrogen-bond acceptors (Lipinski definition) is 6. The molecule has 7 nitrogen and oxygen atoms in total. The van der Waals surface area contributed by atoms with Crippen LogP contribution in [0.4, 0.5) is 22.0 Å². The number of halogens is 5. The number of benzene rings is 1. The van der Waals surface area contributed by atoms with Gasteiger partial charge in [-0.05, 0) is 37.3 Å². The molecule has 1 atom stereocenters. The summed E-state index contributed by atoms with van der Waals surface area (Å²) < 4.78 is 77.2. The molecule has 3 aromatic rings. The molecule has 0 aliphatic heterocycles. The van der Waals surface area contributed by atoms with Crippen molar-refractivity contribution in [3.8, 4) is 11.6 Å². The number of thiophene rings is 1. The van der Waals surface area contributed by atoms with Gasteiger partial charge in [0.05, 0.1) is 18.7 Å². The first-order chi connectivity index (χ1) is 15.9. The maximum atomic E-state index is 13.6. The third kappa shape index (κ3) is 5.35. The van der Waals surface area contributed by atoms with E-state index in [-0.39, 0.29) is 10.6 Å². The van der Waals surface area contributed by atoms with Gasteiger partial charge in [-0.1, -0.05) is 6.07 Å². The molecule has 13 heteroatoms. The van der Waals surface area contributed by atoms with Crippen molar-refractivity contribution in [1.29, 1.82) is 0 Å². The summed E-state index contributed by atoms with van der Waals surface area (Å²) in [5.41, 5.74) is -2.53. The number of carbonyl (C=O) groups excluding carboxylic acids is 2. The molecule has 0 fully saturated rings. The van der Waals surface area contributed by atoms with Crippen LogP contribution >= 0.6 is 11.3 Å². The second kappa shape index (κ2) is 9.79. The quantitative estimate of drug-likeness (QED) is 0.340. The fourth-order valence-electron chi connectivity index (χ4n) is 2.99. The largest absolute Gasteiger partial charge is 0.465 e. The van der Waals surface area contributed by atoms with Gasteiger partial charge in [0.15, 0.2) is 0 Å². The highest BCUT2D eigenvalue weighted by Crippen LogP contribution is 2.36. The minimum Gasteiger partial charge on any atom is -0.465 e. The number of carbonyl (C=O) groups is 2. The highest BCUT2D eigenvalue weighted by Gasteiger charge is 2.33. The molecule has 34 heavy (non-hydrogen) atoms. The molecule has 1 amide bonds. The van der Waals surface area contributed by atoms with E-state index >= 15 is 0 Å². The lowest BCUT2D eigenvalue weighted by atomic mass is 10.2. The summed E-state index contributed by atoms with van der Waals surface area (Å²) in [4.78, 5) is 25.4. The number of aryl methyl sites for hydroxylation is 1.